The van der Waals surface area contributed by atoms with Crippen LogP contribution in [0.2, 0.25) is 0 Å². The van der Waals surface area contributed by atoms with Crippen molar-refractivity contribution in [1.82, 2.24) is 0 Å². The van der Waals surface area contributed by atoms with Gasteiger partial charge in [0.25, 0.3) is 0 Å². The number of hydrogen-bond donors (Lipinski definition) is 0. The van der Waals surface area contributed by atoms with Crippen LogP contribution < -0.4 is 0 Å². The van der Waals surface area contributed by atoms with Gasteiger partial charge in [0.15, 0.2) is 11.6 Å². The van der Waals surface area contributed by atoms with Crippen molar-refractivity contribution in [3.8, 4) is 0 Å². The number of carbonyl (C=O) groups is 1. The first-order chi connectivity index (χ1) is 9.11. The summed E-state index contributed by atoms with van der Waals surface area (Å²) in [6.07, 6.45) is 6.82. The average molecular weight is 331 g/mol. The van der Waals surface area contributed by atoms with Gasteiger partial charge in [-0.3, -0.25) is 4.79 Å². The Morgan fingerprint density at radius 3 is 2.26 bits per heavy atom. The summed E-state index contributed by atoms with van der Waals surface area (Å²) in [4.78, 5) is 12.4. The van der Waals surface area contributed by atoms with Crippen molar-refractivity contribution < 1.29 is 13.6 Å². The van der Waals surface area contributed by atoms with Crippen LogP contribution in [0.5, 0.6) is 0 Å². The summed E-state index contributed by atoms with van der Waals surface area (Å²) >= 11 is 3.01. The normalized spacial score (nSPS) is 17.8. The second-order valence-electron chi connectivity index (χ2n) is 5.12. The molecule has 0 heterocycles. The molecule has 0 saturated heterocycles. The zero-order valence-corrected chi connectivity index (χ0v) is 12.3. The molecule has 4 heteroatoms. The first kappa shape index (κ1) is 14.6. The van der Waals surface area contributed by atoms with Crippen LogP contribution in [0, 0.1) is 17.6 Å². The lowest BCUT2D eigenvalue weighted by Gasteiger charge is -2.19. The molecule has 0 bridgehead atoms. The molecule has 1 nitrogen and oxygen atoms in total. The van der Waals surface area contributed by atoms with Crippen molar-refractivity contribution in [3.63, 3.8) is 0 Å². The molecule has 2 rings (SSSR count). The van der Waals surface area contributed by atoms with Gasteiger partial charge in [-0.05, 0) is 40.9 Å². The highest BCUT2D eigenvalue weighted by molar-refractivity contribution is 9.10. The molecule has 1 fully saturated rings. The molecule has 0 atom stereocenters. The maximum absolute atomic E-state index is 13.9. The fraction of sp³-hybridized carbons (Fsp3) is 0.533. The van der Waals surface area contributed by atoms with Crippen molar-refractivity contribution >= 4 is 21.7 Å². The summed E-state index contributed by atoms with van der Waals surface area (Å²) in [6, 6.07) is 2.43. The molecule has 1 aromatic carbocycles. The van der Waals surface area contributed by atoms with Crippen molar-refractivity contribution in [2.45, 2.75) is 44.9 Å². The highest BCUT2D eigenvalue weighted by Gasteiger charge is 2.27. The molecule has 1 saturated carbocycles. The monoisotopic (exact) mass is 330 g/mol. The number of Topliss-reactive ketones (excluding diaryl/α,β-unsaturated/α-hetero) is 1. The standard InChI is InChI=1S/C15H17BrF2O/c16-11-8-9-12(17)13(14(11)18)15(19)10-6-4-2-1-3-5-7-10/h8-10H,1-7H2. The Kier molecular flexibility index (Phi) is 5.08. The largest absolute Gasteiger partial charge is 0.294 e. The summed E-state index contributed by atoms with van der Waals surface area (Å²) < 4.78 is 27.8. The molecule has 0 amide bonds. The van der Waals surface area contributed by atoms with Crippen LogP contribution in [0.3, 0.4) is 0 Å². The van der Waals surface area contributed by atoms with Crippen LogP contribution in [0.4, 0.5) is 8.78 Å². The third-order valence-electron chi connectivity index (χ3n) is 3.77. The van der Waals surface area contributed by atoms with Crippen molar-refractivity contribution in [2.24, 2.45) is 5.92 Å². The molecular formula is C15H17BrF2O. The van der Waals surface area contributed by atoms with Gasteiger partial charge < -0.3 is 0 Å². The summed E-state index contributed by atoms with van der Waals surface area (Å²) in [5.74, 6) is -2.14. The molecule has 104 valence electrons. The van der Waals surface area contributed by atoms with Gasteiger partial charge >= 0.3 is 0 Å². The van der Waals surface area contributed by atoms with Gasteiger partial charge in [0.05, 0.1) is 10.0 Å². The van der Waals surface area contributed by atoms with E-state index in [2.05, 4.69) is 15.9 Å². The number of ketones is 1. The van der Waals surface area contributed by atoms with E-state index < -0.39 is 11.6 Å². The molecule has 1 aliphatic rings. The van der Waals surface area contributed by atoms with Gasteiger partial charge in [-0.2, -0.15) is 0 Å². The van der Waals surface area contributed by atoms with E-state index in [0.29, 0.717) is 0 Å². The minimum absolute atomic E-state index is 0.142. The molecule has 0 radical (unpaired) electrons. The number of hydrogen-bond acceptors (Lipinski definition) is 1. The maximum Gasteiger partial charge on any atom is 0.171 e. The van der Waals surface area contributed by atoms with Crippen LogP contribution in [0.1, 0.15) is 55.3 Å². The maximum atomic E-state index is 13.9. The molecule has 1 aromatic rings. The minimum Gasteiger partial charge on any atom is -0.294 e. The molecule has 0 unspecified atom stereocenters. The van der Waals surface area contributed by atoms with Crippen LogP contribution in [0.15, 0.2) is 16.6 Å². The number of benzene rings is 1. The summed E-state index contributed by atoms with van der Waals surface area (Å²) in [5, 5.41) is 0. The van der Waals surface area contributed by atoms with Gasteiger partial charge in [0.2, 0.25) is 0 Å². The highest BCUT2D eigenvalue weighted by atomic mass is 79.9. The van der Waals surface area contributed by atoms with Gasteiger partial charge in [0.1, 0.15) is 5.82 Å². The second kappa shape index (κ2) is 6.60. The van der Waals surface area contributed by atoms with E-state index in [4.69, 9.17) is 0 Å². The summed E-state index contributed by atoms with van der Waals surface area (Å²) in [7, 11) is 0. The predicted octanol–water partition coefficient (Wildman–Crippen LogP) is 5.27. The first-order valence-corrected chi connectivity index (χ1v) is 7.58. The quantitative estimate of drug-likeness (QED) is 0.533. The van der Waals surface area contributed by atoms with Crippen molar-refractivity contribution in [2.75, 3.05) is 0 Å². The van der Waals surface area contributed by atoms with Crippen molar-refractivity contribution in [3.05, 3.63) is 33.8 Å². The lowest BCUT2D eigenvalue weighted by molar-refractivity contribution is 0.0889. The summed E-state index contributed by atoms with van der Waals surface area (Å²) in [6.45, 7) is 0. The van der Waals surface area contributed by atoms with Crippen LogP contribution in [0.25, 0.3) is 0 Å². The minimum atomic E-state index is -0.771. The van der Waals surface area contributed by atoms with Gasteiger partial charge in [0, 0.05) is 5.92 Å². The molecular weight excluding hydrogens is 314 g/mol. The smallest absolute Gasteiger partial charge is 0.171 e. The van der Waals surface area contributed by atoms with E-state index in [0.717, 1.165) is 44.6 Å². The van der Waals surface area contributed by atoms with E-state index in [-0.39, 0.29) is 21.7 Å². The molecule has 19 heavy (non-hydrogen) atoms. The lowest BCUT2D eigenvalue weighted by Crippen LogP contribution is -2.19. The second-order valence-corrected chi connectivity index (χ2v) is 5.98. The fourth-order valence-corrected chi connectivity index (χ4v) is 3.01. The highest BCUT2D eigenvalue weighted by Crippen LogP contribution is 2.29. The van der Waals surface area contributed by atoms with Crippen molar-refractivity contribution in [1.29, 1.82) is 0 Å². The summed E-state index contributed by atoms with van der Waals surface area (Å²) in [5.41, 5.74) is -0.375. The van der Waals surface area contributed by atoms with Gasteiger partial charge in [-0.1, -0.05) is 32.1 Å². The van der Waals surface area contributed by atoms with Gasteiger partial charge in [-0.15, -0.1) is 0 Å². The van der Waals surface area contributed by atoms with E-state index in [9.17, 15) is 13.6 Å². The Morgan fingerprint density at radius 1 is 1.05 bits per heavy atom. The number of halogens is 3. The fourth-order valence-electron chi connectivity index (χ4n) is 2.68. The Morgan fingerprint density at radius 2 is 1.63 bits per heavy atom. The molecule has 0 aromatic heterocycles. The SMILES string of the molecule is O=C(c1c(F)ccc(Br)c1F)C1CCCCCCC1. The zero-order chi connectivity index (χ0) is 13.8. The lowest BCUT2D eigenvalue weighted by atomic mass is 9.85. The Bertz CT molecular complexity index is 465. The van der Waals surface area contributed by atoms with Crippen LogP contribution >= 0.6 is 15.9 Å². The molecule has 1 aliphatic carbocycles. The molecule has 0 aliphatic heterocycles. The van der Waals surface area contributed by atoms with E-state index in [1.165, 1.54) is 12.5 Å². The van der Waals surface area contributed by atoms with E-state index in [1.807, 2.05) is 0 Å². The number of carbonyl (C=O) groups excluding carboxylic acids is 1. The van der Waals surface area contributed by atoms with E-state index >= 15 is 0 Å². The topological polar surface area (TPSA) is 17.1 Å². The van der Waals surface area contributed by atoms with Crippen LogP contribution in [-0.4, -0.2) is 5.78 Å². The Hall–Kier alpha value is -0.770. The first-order valence-electron chi connectivity index (χ1n) is 6.79. The Balaban J connectivity index is 2.25. The molecule has 0 N–H and O–H groups in total. The Labute approximate surface area is 120 Å². The average Bonchev–Trinajstić information content (AvgIpc) is 2.34. The predicted molar refractivity (Wildman–Crippen MR) is 74.2 cm³/mol. The van der Waals surface area contributed by atoms with Crippen LogP contribution in [-0.2, 0) is 0 Å². The molecule has 0 spiro atoms. The number of rotatable bonds is 2. The third kappa shape index (κ3) is 3.41. The van der Waals surface area contributed by atoms with E-state index in [1.54, 1.807) is 0 Å². The van der Waals surface area contributed by atoms with Gasteiger partial charge in [-0.25, -0.2) is 8.78 Å². The zero-order valence-electron chi connectivity index (χ0n) is 10.7. The third-order valence-corrected chi connectivity index (χ3v) is 4.38.